The first kappa shape index (κ1) is 12.3. The number of rotatable bonds is 3. The second kappa shape index (κ2) is 5.46. The van der Waals surface area contributed by atoms with Gasteiger partial charge in [0.1, 0.15) is 0 Å². The van der Waals surface area contributed by atoms with Crippen LogP contribution in [0.15, 0.2) is 23.1 Å². The number of hydrogen-bond donors (Lipinski definition) is 3. The van der Waals surface area contributed by atoms with Crippen molar-refractivity contribution in [3.05, 3.63) is 23.8 Å². The predicted molar refractivity (Wildman–Crippen MR) is 71.9 cm³/mol. The smallest absolute Gasteiger partial charge is 0.275 e. The molecule has 0 aromatic heterocycles. The molecule has 0 saturated carbocycles. The molecule has 0 saturated heterocycles. The summed E-state index contributed by atoms with van der Waals surface area (Å²) in [4.78, 5) is 22.9. The van der Waals surface area contributed by atoms with E-state index in [-0.39, 0.29) is 11.1 Å². The Morgan fingerprint density at radius 2 is 2.35 bits per heavy atom. The fraction of sp³-hybridized carbons (Fsp3) is 0.273. The largest absolute Gasteiger partial charge is 0.347 e. The van der Waals surface area contributed by atoms with E-state index in [9.17, 15) is 9.59 Å². The fourth-order valence-electron chi connectivity index (χ4n) is 1.60. The van der Waals surface area contributed by atoms with E-state index >= 15 is 0 Å². The van der Waals surface area contributed by atoms with Gasteiger partial charge in [-0.2, -0.15) is 0 Å². The number of hydrogen-bond acceptors (Lipinski definition) is 3. The van der Waals surface area contributed by atoms with Crippen molar-refractivity contribution >= 4 is 41.2 Å². The third-order valence-electron chi connectivity index (χ3n) is 2.37. The number of carbonyl (C=O) groups excluding carboxylic acids is 2. The molecule has 1 aliphatic heterocycles. The van der Waals surface area contributed by atoms with Crippen LogP contribution in [0.25, 0.3) is 0 Å². The Bertz CT molecular complexity index is 463. The number of carbonyl (C=O) groups is 2. The summed E-state index contributed by atoms with van der Waals surface area (Å²) >= 11 is 5.17. The maximum Gasteiger partial charge on any atom is 0.275 e. The average Bonchev–Trinajstić information content (AvgIpc) is 2.28. The van der Waals surface area contributed by atoms with Crippen LogP contribution in [-0.2, 0) is 11.2 Å². The van der Waals surface area contributed by atoms with Crippen LogP contribution in [0.3, 0.4) is 0 Å². The van der Waals surface area contributed by atoms with E-state index in [1.54, 1.807) is 11.8 Å². The van der Waals surface area contributed by atoms with Crippen LogP contribution in [0, 0.1) is 0 Å². The number of fused-ring (bicyclic) bond motifs is 1. The second-order valence-electron chi connectivity index (χ2n) is 3.65. The lowest BCUT2D eigenvalue weighted by molar-refractivity contribution is -0.113. The van der Waals surface area contributed by atoms with Crippen molar-refractivity contribution in [2.24, 2.45) is 0 Å². The molecule has 0 aliphatic carbocycles. The number of thioether (sulfide) groups is 1. The van der Waals surface area contributed by atoms with Crippen molar-refractivity contribution in [3.63, 3.8) is 0 Å². The molecule has 90 valence electrons. The lowest BCUT2D eigenvalue weighted by Crippen LogP contribution is -2.20. The average molecular weight is 268 g/mol. The molecular weight excluding hydrogens is 256 g/mol. The van der Waals surface area contributed by atoms with Gasteiger partial charge in [-0.05, 0) is 24.1 Å². The third kappa shape index (κ3) is 3.41. The Morgan fingerprint density at radius 3 is 3.12 bits per heavy atom. The summed E-state index contributed by atoms with van der Waals surface area (Å²) in [5.41, 5.74) is 1.94. The first-order valence-corrected chi connectivity index (χ1v) is 6.61. The van der Waals surface area contributed by atoms with Crippen LogP contribution in [0.1, 0.15) is 5.56 Å². The molecule has 0 unspecified atom stereocenters. The van der Waals surface area contributed by atoms with Crippen LogP contribution < -0.4 is 10.6 Å². The van der Waals surface area contributed by atoms with Gasteiger partial charge < -0.3 is 10.6 Å². The summed E-state index contributed by atoms with van der Waals surface area (Å²) in [6.07, 6.45) is 0.722. The highest BCUT2D eigenvalue weighted by molar-refractivity contribution is 8.00. The second-order valence-corrected chi connectivity index (χ2v) is 5.07. The van der Waals surface area contributed by atoms with Gasteiger partial charge in [-0.25, -0.2) is 0 Å². The maximum atomic E-state index is 11.2. The SMILES string of the molecule is O=C(S)NCCc1ccc2c(c1)NC(=O)CS2. The molecular formula is C11H12N2O2S2. The van der Waals surface area contributed by atoms with Crippen LogP contribution in [0.5, 0.6) is 0 Å². The van der Waals surface area contributed by atoms with Gasteiger partial charge in [0.25, 0.3) is 5.24 Å². The summed E-state index contributed by atoms with van der Waals surface area (Å²) in [6, 6.07) is 5.95. The molecule has 1 aromatic rings. The minimum absolute atomic E-state index is 0.0308. The topological polar surface area (TPSA) is 58.2 Å². The number of anilines is 1. The zero-order valence-corrected chi connectivity index (χ0v) is 10.7. The van der Waals surface area contributed by atoms with Gasteiger partial charge in [0.05, 0.1) is 11.4 Å². The highest BCUT2D eigenvalue weighted by Crippen LogP contribution is 2.31. The lowest BCUT2D eigenvalue weighted by atomic mass is 10.1. The summed E-state index contributed by atoms with van der Waals surface area (Å²) in [6.45, 7) is 0.544. The van der Waals surface area contributed by atoms with Crippen molar-refractivity contribution in [1.82, 2.24) is 5.32 Å². The lowest BCUT2D eigenvalue weighted by Gasteiger charge is -2.17. The molecule has 6 heteroatoms. The number of amides is 2. The molecule has 0 radical (unpaired) electrons. The monoisotopic (exact) mass is 268 g/mol. The van der Waals surface area contributed by atoms with Gasteiger partial charge in [0, 0.05) is 11.4 Å². The zero-order chi connectivity index (χ0) is 12.3. The van der Waals surface area contributed by atoms with E-state index in [0.717, 1.165) is 22.6 Å². The van der Waals surface area contributed by atoms with Gasteiger partial charge in [-0.15, -0.1) is 11.8 Å². The minimum Gasteiger partial charge on any atom is -0.347 e. The van der Waals surface area contributed by atoms with E-state index in [1.807, 2.05) is 18.2 Å². The number of nitrogens with one attached hydrogen (secondary N) is 2. The Labute approximate surface area is 109 Å². The van der Waals surface area contributed by atoms with E-state index in [2.05, 4.69) is 23.3 Å². The van der Waals surface area contributed by atoms with Gasteiger partial charge in [-0.3, -0.25) is 9.59 Å². The van der Waals surface area contributed by atoms with Gasteiger partial charge in [0.2, 0.25) is 5.91 Å². The molecule has 0 atom stereocenters. The van der Waals surface area contributed by atoms with E-state index < -0.39 is 0 Å². The molecule has 2 rings (SSSR count). The molecule has 0 fully saturated rings. The van der Waals surface area contributed by atoms with Crippen molar-refractivity contribution in [2.75, 3.05) is 17.6 Å². The molecule has 1 aromatic carbocycles. The summed E-state index contributed by atoms with van der Waals surface area (Å²) < 4.78 is 0. The Balaban J connectivity index is 2.02. The van der Waals surface area contributed by atoms with E-state index in [4.69, 9.17) is 0 Å². The first-order valence-electron chi connectivity index (χ1n) is 5.17. The van der Waals surface area contributed by atoms with Crippen LogP contribution in [0.4, 0.5) is 10.5 Å². The Kier molecular flexibility index (Phi) is 3.96. The van der Waals surface area contributed by atoms with Gasteiger partial charge in [-0.1, -0.05) is 18.7 Å². The Hall–Kier alpha value is -1.14. The maximum absolute atomic E-state index is 11.2. The van der Waals surface area contributed by atoms with Gasteiger partial charge >= 0.3 is 0 Å². The molecule has 2 N–H and O–H groups in total. The van der Waals surface area contributed by atoms with Crippen LogP contribution in [0.2, 0.25) is 0 Å². The van der Waals surface area contributed by atoms with Crippen molar-refractivity contribution < 1.29 is 9.59 Å². The quantitative estimate of drug-likeness (QED) is 0.734. The predicted octanol–water partition coefficient (Wildman–Crippen LogP) is 1.91. The van der Waals surface area contributed by atoms with Crippen molar-refractivity contribution in [1.29, 1.82) is 0 Å². The van der Waals surface area contributed by atoms with Gasteiger partial charge in [0.15, 0.2) is 0 Å². The molecule has 0 spiro atoms. The molecule has 0 bridgehead atoms. The van der Waals surface area contributed by atoms with E-state index in [1.165, 1.54) is 0 Å². The Morgan fingerprint density at radius 1 is 1.53 bits per heavy atom. The van der Waals surface area contributed by atoms with E-state index in [0.29, 0.717) is 12.3 Å². The normalized spacial score (nSPS) is 13.8. The highest BCUT2D eigenvalue weighted by Gasteiger charge is 2.15. The number of benzene rings is 1. The minimum atomic E-state index is -0.327. The first-order chi connectivity index (χ1) is 8.15. The fourth-order valence-corrected chi connectivity index (χ4v) is 2.50. The molecule has 2 amide bonds. The summed E-state index contributed by atoms with van der Waals surface area (Å²) in [5, 5.41) is 5.13. The highest BCUT2D eigenvalue weighted by atomic mass is 32.2. The van der Waals surface area contributed by atoms with Crippen molar-refractivity contribution in [2.45, 2.75) is 11.3 Å². The summed E-state index contributed by atoms with van der Waals surface area (Å²) in [7, 11) is 0. The van der Waals surface area contributed by atoms with Crippen molar-refractivity contribution in [3.8, 4) is 0 Å². The number of thiol groups is 1. The third-order valence-corrected chi connectivity index (χ3v) is 3.60. The molecule has 17 heavy (non-hydrogen) atoms. The standard InChI is InChI=1S/C11H12N2O2S2/c14-10-6-17-9-2-1-7(5-8(9)13-10)3-4-12-11(15)16/h1-2,5H,3-4,6H2,(H,13,14)(H2,12,15,16). The van der Waals surface area contributed by atoms with Crippen LogP contribution in [-0.4, -0.2) is 23.4 Å². The molecule has 1 heterocycles. The molecule has 4 nitrogen and oxygen atoms in total. The molecule has 1 aliphatic rings. The summed E-state index contributed by atoms with van der Waals surface area (Å²) in [5.74, 6) is 0.505. The zero-order valence-electron chi connectivity index (χ0n) is 9.03. The van der Waals surface area contributed by atoms with Crippen LogP contribution >= 0.6 is 24.4 Å².